The Balaban J connectivity index is 6.41. The molecule has 0 saturated heterocycles. The molecule has 2 unspecified atom stereocenters. The molecule has 0 aliphatic rings. The highest BCUT2D eigenvalue weighted by Gasteiger charge is 2.57. The molecular formula is C19H36N6O7. The van der Waals surface area contributed by atoms with E-state index in [4.69, 9.17) is 33.8 Å². The highest BCUT2D eigenvalue weighted by Crippen LogP contribution is 2.28. The minimum Gasteiger partial charge on any atom is -0.481 e. The number of unbranched alkanes of at least 4 members (excludes halogenated alkanes) is 2. The maximum absolute atomic E-state index is 13.3. The van der Waals surface area contributed by atoms with E-state index in [1.807, 2.05) is 0 Å². The van der Waals surface area contributed by atoms with Crippen molar-refractivity contribution in [2.24, 2.45) is 28.7 Å². The number of aliphatic carboxylic acids is 2. The third kappa shape index (κ3) is 7.91. The highest BCUT2D eigenvalue weighted by atomic mass is 16.4. The molecule has 3 atom stereocenters. The molecule has 184 valence electrons. The largest absolute Gasteiger partial charge is 0.481 e. The number of carbonyl (C=O) groups excluding carboxylic acids is 3. The molecule has 0 aromatic carbocycles. The summed E-state index contributed by atoms with van der Waals surface area (Å²) in [5, 5.41) is 19.2. The van der Waals surface area contributed by atoms with Gasteiger partial charge in [0, 0.05) is 6.42 Å². The second kappa shape index (κ2) is 14.6. The molecule has 0 aliphatic carbocycles. The van der Waals surface area contributed by atoms with Crippen LogP contribution in [0.2, 0.25) is 0 Å². The van der Waals surface area contributed by atoms with Crippen molar-refractivity contribution in [3.63, 3.8) is 0 Å². The maximum Gasteiger partial charge on any atom is 0.338 e. The summed E-state index contributed by atoms with van der Waals surface area (Å²) in [4.78, 5) is 62.9. The number of hydrogen-bond acceptors (Lipinski definition) is 10. The molecule has 0 saturated carbocycles. The van der Waals surface area contributed by atoms with Gasteiger partial charge in [-0.3, -0.25) is 24.1 Å². The van der Waals surface area contributed by atoms with Gasteiger partial charge in [0.05, 0.1) is 18.6 Å². The predicted molar refractivity (Wildman–Crippen MR) is 115 cm³/mol. The number of rotatable bonds is 17. The van der Waals surface area contributed by atoms with Crippen LogP contribution in [0.3, 0.4) is 0 Å². The van der Waals surface area contributed by atoms with Crippen LogP contribution in [0.25, 0.3) is 0 Å². The summed E-state index contributed by atoms with van der Waals surface area (Å²) in [6.07, 6.45) is 0.221. The van der Waals surface area contributed by atoms with Gasteiger partial charge in [0.2, 0.25) is 17.4 Å². The fourth-order valence-corrected chi connectivity index (χ4v) is 3.30. The van der Waals surface area contributed by atoms with Crippen LogP contribution in [0.5, 0.6) is 0 Å². The van der Waals surface area contributed by atoms with Crippen molar-refractivity contribution in [2.75, 3.05) is 19.6 Å². The van der Waals surface area contributed by atoms with Gasteiger partial charge in [-0.2, -0.15) is 0 Å². The van der Waals surface area contributed by atoms with Gasteiger partial charge in [-0.15, -0.1) is 0 Å². The van der Waals surface area contributed by atoms with Crippen molar-refractivity contribution in [3.8, 4) is 0 Å². The number of Topliss-reactive ketones (excluding diaryl/α,β-unsaturated/α-hetero) is 1. The van der Waals surface area contributed by atoms with Crippen LogP contribution >= 0.6 is 0 Å². The van der Waals surface area contributed by atoms with Crippen LogP contribution in [0, 0.1) is 0 Å². The molecule has 0 spiro atoms. The van der Waals surface area contributed by atoms with Crippen molar-refractivity contribution >= 4 is 29.5 Å². The Bertz CT molecular complexity index is 675. The van der Waals surface area contributed by atoms with E-state index in [1.165, 1.54) is 0 Å². The lowest BCUT2D eigenvalue weighted by molar-refractivity contribution is -0.172. The lowest BCUT2D eigenvalue weighted by atomic mass is 9.81. The molecule has 12 N–H and O–H groups in total. The first kappa shape index (κ1) is 29.5. The maximum atomic E-state index is 13.3. The molecule has 13 nitrogen and oxygen atoms in total. The first-order valence-corrected chi connectivity index (χ1v) is 10.5. The SMILES string of the molecule is NCCCCC(N)C(=O)N(C(=O)CN)[C@@](CCC(=O)O)(C(=O)O)C(=O)C(N)CCCCN. The molecule has 13 heteroatoms. The molecule has 0 heterocycles. The fraction of sp³-hybridized carbons (Fsp3) is 0.737. The summed E-state index contributed by atoms with van der Waals surface area (Å²) < 4.78 is 0. The second-order valence-electron chi connectivity index (χ2n) is 7.48. The number of carboxylic acid groups (broad SMARTS) is 2. The first-order valence-electron chi connectivity index (χ1n) is 10.5. The fourth-order valence-electron chi connectivity index (χ4n) is 3.30. The van der Waals surface area contributed by atoms with Gasteiger partial charge in [0.25, 0.3) is 0 Å². The number of nitrogens with zero attached hydrogens (tertiary/aromatic N) is 1. The number of amides is 2. The molecule has 0 radical (unpaired) electrons. The zero-order valence-corrected chi connectivity index (χ0v) is 18.2. The molecular weight excluding hydrogens is 424 g/mol. The standard InChI is InChI=1S/C19H36N6O7/c20-9-3-1-5-12(23)16(29)19(18(31)32,8-7-15(27)28)25(14(26)11-22)17(30)13(24)6-2-4-10-21/h12-13H,1-11,20-24H2,(H,27,28)(H,31,32)/t12?,13?,19-/m1/s1. The monoisotopic (exact) mass is 460 g/mol. The van der Waals surface area contributed by atoms with Gasteiger partial charge >= 0.3 is 11.9 Å². The van der Waals surface area contributed by atoms with Gasteiger partial charge in [-0.05, 0) is 45.2 Å². The molecule has 0 aliphatic heterocycles. The van der Waals surface area contributed by atoms with Gasteiger partial charge in [-0.25, -0.2) is 4.79 Å². The van der Waals surface area contributed by atoms with Crippen molar-refractivity contribution in [1.82, 2.24) is 4.90 Å². The number of hydrogen-bond donors (Lipinski definition) is 7. The van der Waals surface area contributed by atoms with Crippen LogP contribution < -0.4 is 28.7 Å². The molecule has 0 rings (SSSR count). The van der Waals surface area contributed by atoms with E-state index in [9.17, 15) is 29.1 Å². The summed E-state index contributed by atoms with van der Waals surface area (Å²) in [5.74, 6) is -6.82. The molecule has 2 amide bonds. The Morgan fingerprint density at radius 1 is 0.812 bits per heavy atom. The topological polar surface area (TPSA) is 259 Å². The Kier molecular flexibility index (Phi) is 13.5. The smallest absolute Gasteiger partial charge is 0.338 e. The van der Waals surface area contributed by atoms with Crippen molar-refractivity contribution in [1.29, 1.82) is 0 Å². The summed E-state index contributed by atoms with van der Waals surface area (Å²) in [6.45, 7) is -0.156. The molecule has 0 fully saturated rings. The zero-order chi connectivity index (χ0) is 24.9. The van der Waals surface area contributed by atoms with Crippen LogP contribution in [0.4, 0.5) is 0 Å². The number of carbonyl (C=O) groups is 5. The van der Waals surface area contributed by atoms with Gasteiger partial charge in [0.15, 0.2) is 5.78 Å². The number of carboxylic acids is 2. The van der Waals surface area contributed by atoms with Crippen molar-refractivity contribution in [3.05, 3.63) is 0 Å². The van der Waals surface area contributed by atoms with E-state index in [1.54, 1.807) is 0 Å². The van der Waals surface area contributed by atoms with Crippen molar-refractivity contribution in [2.45, 2.75) is 69.0 Å². The van der Waals surface area contributed by atoms with E-state index in [0.29, 0.717) is 38.8 Å². The lowest BCUT2D eigenvalue weighted by Gasteiger charge is -2.40. The Hall–Kier alpha value is -2.45. The molecule has 32 heavy (non-hydrogen) atoms. The number of imide groups is 1. The Morgan fingerprint density at radius 2 is 1.31 bits per heavy atom. The van der Waals surface area contributed by atoms with Crippen LogP contribution in [-0.2, 0) is 24.0 Å². The Labute approximate surface area is 186 Å². The van der Waals surface area contributed by atoms with Gasteiger partial charge in [-0.1, -0.05) is 12.8 Å². The Morgan fingerprint density at radius 3 is 1.72 bits per heavy atom. The predicted octanol–water partition coefficient (Wildman–Crippen LogP) is -2.53. The molecule has 0 aromatic heterocycles. The third-order valence-electron chi connectivity index (χ3n) is 5.08. The average molecular weight is 461 g/mol. The van der Waals surface area contributed by atoms with Gasteiger partial charge < -0.3 is 38.9 Å². The third-order valence-corrected chi connectivity index (χ3v) is 5.08. The minimum absolute atomic E-state index is 0.0273. The first-order chi connectivity index (χ1) is 15.0. The lowest BCUT2D eigenvalue weighted by Crippen LogP contribution is -2.70. The van der Waals surface area contributed by atoms with Crippen LogP contribution in [0.1, 0.15) is 51.4 Å². The molecule has 0 bridgehead atoms. The summed E-state index contributed by atoms with van der Waals surface area (Å²) in [5.41, 5.74) is 25.2. The van der Waals surface area contributed by atoms with E-state index in [-0.39, 0.29) is 17.7 Å². The van der Waals surface area contributed by atoms with E-state index in [0.717, 1.165) is 0 Å². The van der Waals surface area contributed by atoms with E-state index < -0.39 is 66.5 Å². The van der Waals surface area contributed by atoms with Crippen LogP contribution in [-0.4, -0.2) is 81.9 Å². The highest BCUT2D eigenvalue weighted by molar-refractivity contribution is 6.17. The normalized spacial score (nSPS) is 14.8. The van der Waals surface area contributed by atoms with Crippen LogP contribution in [0.15, 0.2) is 0 Å². The van der Waals surface area contributed by atoms with Gasteiger partial charge in [0.1, 0.15) is 0 Å². The van der Waals surface area contributed by atoms with Crippen molar-refractivity contribution < 1.29 is 34.2 Å². The summed E-state index contributed by atoms with van der Waals surface area (Å²) in [7, 11) is 0. The zero-order valence-electron chi connectivity index (χ0n) is 18.2. The number of nitrogens with two attached hydrogens (primary N) is 5. The van der Waals surface area contributed by atoms with E-state index >= 15 is 0 Å². The molecule has 0 aromatic rings. The number of ketones is 1. The second-order valence-corrected chi connectivity index (χ2v) is 7.48. The van der Waals surface area contributed by atoms with E-state index in [2.05, 4.69) is 0 Å². The summed E-state index contributed by atoms with van der Waals surface area (Å²) >= 11 is 0. The quantitative estimate of drug-likeness (QED) is 0.0875. The minimum atomic E-state index is -2.86. The average Bonchev–Trinajstić information content (AvgIpc) is 2.75. The summed E-state index contributed by atoms with van der Waals surface area (Å²) in [6, 6.07) is -2.72.